The smallest absolute Gasteiger partial charge is 0.387 e. The number of nitrogens with zero attached hydrogens (tertiary/aromatic N) is 1. The lowest BCUT2D eigenvalue weighted by molar-refractivity contribution is -0.0517. The minimum Gasteiger partial charge on any atom is -0.433 e. The summed E-state index contributed by atoms with van der Waals surface area (Å²) in [7, 11) is -4.03. The highest BCUT2D eigenvalue weighted by molar-refractivity contribution is 7.89. The number of sulfonamides is 1. The maximum Gasteiger partial charge on any atom is 0.387 e. The van der Waals surface area contributed by atoms with Crippen LogP contribution in [-0.2, 0) is 16.6 Å². The molecule has 0 unspecified atom stereocenters. The molecule has 0 heterocycles. The van der Waals surface area contributed by atoms with E-state index in [2.05, 4.69) is 11.3 Å². The van der Waals surface area contributed by atoms with E-state index in [1.54, 1.807) is 24.3 Å². The van der Waals surface area contributed by atoms with Gasteiger partial charge in [-0.3, -0.25) is 0 Å². The number of rotatable bonds is 8. The van der Waals surface area contributed by atoms with Gasteiger partial charge in [-0.05, 0) is 17.7 Å². The van der Waals surface area contributed by atoms with E-state index in [9.17, 15) is 17.2 Å². The molecule has 2 aromatic rings. The minimum atomic E-state index is -4.03. The van der Waals surface area contributed by atoms with Crippen molar-refractivity contribution in [1.82, 2.24) is 4.31 Å². The number of hydrogen-bond acceptors (Lipinski definition) is 3. The highest BCUT2D eigenvalue weighted by atomic mass is 32.2. The SMILES string of the molecule is C=CCN(Cc1ccccc1)S(=O)(=O)c1ccccc1OC(F)F. The second-order valence-electron chi connectivity index (χ2n) is 4.90. The van der Waals surface area contributed by atoms with Gasteiger partial charge in [0.1, 0.15) is 10.6 Å². The summed E-state index contributed by atoms with van der Waals surface area (Å²) in [5.74, 6) is -0.380. The summed E-state index contributed by atoms with van der Waals surface area (Å²) in [5, 5.41) is 0. The average Bonchev–Trinajstić information content (AvgIpc) is 2.55. The topological polar surface area (TPSA) is 46.6 Å². The summed E-state index contributed by atoms with van der Waals surface area (Å²) in [6, 6.07) is 14.3. The summed E-state index contributed by atoms with van der Waals surface area (Å²) in [6.45, 7) is 0.592. The van der Waals surface area contributed by atoms with Gasteiger partial charge in [-0.1, -0.05) is 48.5 Å². The fourth-order valence-corrected chi connectivity index (χ4v) is 3.69. The molecule has 2 aromatic carbocycles. The van der Waals surface area contributed by atoms with Crippen LogP contribution in [0.3, 0.4) is 0 Å². The first-order valence-corrected chi connectivity index (χ1v) is 8.58. The van der Waals surface area contributed by atoms with E-state index in [1.165, 1.54) is 30.3 Å². The molecular weight excluding hydrogens is 336 g/mol. The third-order valence-corrected chi connectivity index (χ3v) is 5.07. The maximum atomic E-state index is 12.9. The van der Waals surface area contributed by atoms with Crippen molar-refractivity contribution in [3.63, 3.8) is 0 Å². The van der Waals surface area contributed by atoms with Crippen molar-refractivity contribution in [2.75, 3.05) is 6.54 Å². The zero-order valence-corrected chi connectivity index (χ0v) is 13.6. The number of ether oxygens (including phenoxy) is 1. The summed E-state index contributed by atoms with van der Waals surface area (Å²) in [4.78, 5) is -0.303. The van der Waals surface area contributed by atoms with Gasteiger partial charge in [0.05, 0.1) is 0 Å². The van der Waals surface area contributed by atoms with E-state index < -0.39 is 16.6 Å². The molecule has 7 heteroatoms. The van der Waals surface area contributed by atoms with Crippen molar-refractivity contribution in [1.29, 1.82) is 0 Å². The lowest BCUT2D eigenvalue weighted by Gasteiger charge is -2.22. The third-order valence-electron chi connectivity index (χ3n) is 3.22. The Labute approximate surface area is 140 Å². The van der Waals surface area contributed by atoms with Crippen LogP contribution >= 0.6 is 0 Å². The lowest BCUT2D eigenvalue weighted by atomic mass is 10.2. The van der Waals surface area contributed by atoms with Gasteiger partial charge in [0.2, 0.25) is 10.0 Å². The Morgan fingerprint density at radius 1 is 1.08 bits per heavy atom. The van der Waals surface area contributed by atoms with Crippen molar-refractivity contribution in [3.8, 4) is 5.75 Å². The Morgan fingerprint density at radius 2 is 1.71 bits per heavy atom. The molecule has 0 spiro atoms. The van der Waals surface area contributed by atoms with Crippen LogP contribution in [0.15, 0.2) is 72.1 Å². The first-order chi connectivity index (χ1) is 11.4. The molecule has 24 heavy (non-hydrogen) atoms. The number of alkyl halides is 2. The Bertz CT molecular complexity index is 779. The lowest BCUT2D eigenvalue weighted by Crippen LogP contribution is -2.31. The normalized spacial score (nSPS) is 11.7. The molecule has 4 nitrogen and oxygen atoms in total. The standard InChI is InChI=1S/C17H17F2NO3S/c1-2-12-20(13-14-8-4-3-5-9-14)24(21,22)16-11-7-6-10-15(16)23-17(18)19/h2-11,17H,1,12-13H2. The van der Waals surface area contributed by atoms with E-state index in [-0.39, 0.29) is 23.7 Å². The molecule has 0 saturated heterocycles. The van der Waals surface area contributed by atoms with Crippen LogP contribution in [0.25, 0.3) is 0 Å². The minimum absolute atomic E-state index is 0.0419. The molecule has 0 fully saturated rings. The van der Waals surface area contributed by atoms with Gasteiger partial charge in [-0.25, -0.2) is 8.42 Å². The fourth-order valence-electron chi connectivity index (χ4n) is 2.17. The van der Waals surface area contributed by atoms with E-state index in [0.29, 0.717) is 0 Å². The van der Waals surface area contributed by atoms with Gasteiger partial charge in [0.15, 0.2) is 0 Å². The molecular formula is C17H17F2NO3S. The van der Waals surface area contributed by atoms with Crippen molar-refractivity contribution >= 4 is 10.0 Å². The number of benzene rings is 2. The monoisotopic (exact) mass is 353 g/mol. The average molecular weight is 353 g/mol. The predicted octanol–water partition coefficient (Wildman–Crippen LogP) is 3.66. The number of halogens is 2. The van der Waals surface area contributed by atoms with Gasteiger partial charge in [0.25, 0.3) is 0 Å². The molecule has 0 aliphatic carbocycles. The highest BCUT2D eigenvalue weighted by Gasteiger charge is 2.28. The van der Waals surface area contributed by atoms with Crippen molar-refractivity contribution in [2.45, 2.75) is 18.1 Å². The maximum absolute atomic E-state index is 12.9. The van der Waals surface area contributed by atoms with E-state index in [4.69, 9.17) is 0 Å². The van der Waals surface area contributed by atoms with Crippen molar-refractivity contribution in [3.05, 3.63) is 72.8 Å². The molecule has 0 atom stereocenters. The number of para-hydroxylation sites is 1. The van der Waals surface area contributed by atoms with E-state index in [0.717, 1.165) is 9.87 Å². The summed E-state index contributed by atoms with van der Waals surface area (Å²) in [6.07, 6.45) is 1.44. The molecule has 128 valence electrons. The molecule has 0 aliphatic heterocycles. The fraction of sp³-hybridized carbons (Fsp3) is 0.176. The second kappa shape index (κ2) is 8.03. The second-order valence-corrected chi connectivity index (χ2v) is 6.80. The van der Waals surface area contributed by atoms with Crippen LogP contribution in [0.2, 0.25) is 0 Å². The van der Waals surface area contributed by atoms with Gasteiger partial charge in [0, 0.05) is 13.1 Å². The van der Waals surface area contributed by atoms with Gasteiger partial charge < -0.3 is 4.74 Å². The van der Waals surface area contributed by atoms with Crippen LogP contribution in [0, 0.1) is 0 Å². The molecule has 0 N–H and O–H groups in total. The van der Waals surface area contributed by atoms with Crippen LogP contribution in [0.1, 0.15) is 5.56 Å². The van der Waals surface area contributed by atoms with Crippen LogP contribution < -0.4 is 4.74 Å². The van der Waals surface area contributed by atoms with Crippen LogP contribution in [-0.4, -0.2) is 25.9 Å². The summed E-state index contributed by atoms with van der Waals surface area (Å²) < 4.78 is 56.3. The van der Waals surface area contributed by atoms with Crippen molar-refractivity contribution in [2.24, 2.45) is 0 Å². The van der Waals surface area contributed by atoms with Crippen LogP contribution in [0.4, 0.5) is 8.78 Å². The summed E-state index contributed by atoms with van der Waals surface area (Å²) in [5.41, 5.74) is 0.773. The highest BCUT2D eigenvalue weighted by Crippen LogP contribution is 2.28. The Morgan fingerprint density at radius 3 is 2.33 bits per heavy atom. The molecule has 0 radical (unpaired) electrons. The zero-order valence-electron chi connectivity index (χ0n) is 12.8. The van der Waals surface area contributed by atoms with Crippen LogP contribution in [0.5, 0.6) is 5.75 Å². The van der Waals surface area contributed by atoms with Gasteiger partial charge >= 0.3 is 6.61 Å². The quantitative estimate of drug-likeness (QED) is 0.681. The third kappa shape index (κ3) is 4.39. The first kappa shape index (κ1) is 18.1. The molecule has 0 aromatic heterocycles. The first-order valence-electron chi connectivity index (χ1n) is 7.14. The predicted molar refractivity (Wildman–Crippen MR) is 87.3 cm³/mol. The molecule has 0 saturated carbocycles. The van der Waals surface area contributed by atoms with Crippen molar-refractivity contribution < 1.29 is 21.9 Å². The molecule has 0 amide bonds. The van der Waals surface area contributed by atoms with E-state index >= 15 is 0 Å². The molecule has 0 aliphatic rings. The Balaban J connectivity index is 2.40. The number of hydrogen-bond donors (Lipinski definition) is 0. The van der Waals surface area contributed by atoms with Gasteiger partial charge in [-0.2, -0.15) is 13.1 Å². The molecule has 2 rings (SSSR count). The molecule has 0 bridgehead atoms. The summed E-state index contributed by atoms with van der Waals surface area (Å²) >= 11 is 0. The Hall–Kier alpha value is -2.25. The largest absolute Gasteiger partial charge is 0.433 e. The van der Waals surface area contributed by atoms with E-state index in [1.807, 2.05) is 6.07 Å². The zero-order chi connectivity index (χ0) is 17.6. The van der Waals surface area contributed by atoms with Gasteiger partial charge in [-0.15, -0.1) is 6.58 Å². The Kier molecular flexibility index (Phi) is 6.05.